The first kappa shape index (κ1) is 89.1. The Morgan fingerprint density at radius 1 is 0.415 bits per heavy atom. The number of carbonyl (C=O) groups excluding carboxylic acids is 2. The van der Waals surface area contributed by atoms with Gasteiger partial charge in [-0.3, -0.25) is 9.59 Å². The highest BCUT2D eigenvalue weighted by Gasteiger charge is 2.44. The van der Waals surface area contributed by atoms with E-state index in [2.05, 4.69) is 66.9 Å². The van der Waals surface area contributed by atoms with Gasteiger partial charge in [0.25, 0.3) is 0 Å². The van der Waals surface area contributed by atoms with E-state index >= 15 is 0 Å². The average molecular weight is 1320 g/mol. The van der Waals surface area contributed by atoms with Gasteiger partial charge in [0.2, 0.25) is 5.91 Å². The molecule has 94 heavy (non-hydrogen) atoms. The second-order valence-electron chi connectivity index (χ2n) is 27.8. The number of nitrogens with one attached hydrogen (secondary N) is 1. The second kappa shape index (κ2) is 71.4. The molecule has 7 unspecified atom stereocenters. The number of aliphatic hydroxyl groups is 5. The van der Waals surface area contributed by atoms with Gasteiger partial charge in [0.05, 0.1) is 32.0 Å². The van der Waals surface area contributed by atoms with E-state index in [9.17, 15) is 35.1 Å². The number of carbonyl (C=O) groups is 2. The number of esters is 1. The largest absolute Gasteiger partial charge is 0.466 e. The van der Waals surface area contributed by atoms with Crippen molar-refractivity contribution in [2.75, 3.05) is 19.8 Å². The smallest absolute Gasteiger partial charge is 0.305 e. The standard InChI is InChI=1S/C83H151NO10/c1-3-5-7-9-11-13-14-15-16-17-42-45-48-51-55-59-63-67-71-79(88)92-72-68-64-60-56-52-49-46-43-40-38-36-34-32-30-28-26-24-22-20-18-19-21-23-25-27-29-31-33-35-37-39-41-44-47-50-54-58-62-66-70-78(87)84-75(76(86)69-65-61-57-53-12-10-8-6-4-2)74-93-83-82(91)81(90)80(89)77(73-85)94-83/h4,6,12,16-19,22,24,53,65,69,75-77,80-83,85-86,89-91H,3,5,7-11,13-15,20-21,23,25-52,54-64,66-68,70-74H2,1-2H3,(H,84,87)/b6-4+,17-16-,19-18-,24-22-,53-12+,69-65+. The summed E-state index contributed by atoms with van der Waals surface area (Å²) in [6, 6.07) is -0.832. The van der Waals surface area contributed by atoms with Gasteiger partial charge in [0.1, 0.15) is 24.4 Å². The van der Waals surface area contributed by atoms with Gasteiger partial charge >= 0.3 is 5.97 Å². The second-order valence-corrected chi connectivity index (χ2v) is 27.8. The zero-order valence-corrected chi connectivity index (χ0v) is 61.2. The molecule has 1 heterocycles. The molecule has 1 fully saturated rings. The molecule has 0 saturated carbocycles. The Hall–Kier alpha value is -2.90. The van der Waals surface area contributed by atoms with Gasteiger partial charge in [-0.1, -0.05) is 330 Å². The molecule has 548 valence electrons. The molecule has 6 N–H and O–H groups in total. The van der Waals surface area contributed by atoms with Gasteiger partial charge in [-0.15, -0.1) is 0 Å². The molecule has 1 saturated heterocycles. The third-order valence-electron chi connectivity index (χ3n) is 18.8. The molecular formula is C83H151NO10. The normalized spacial score (nSPS) is 17.8. The van der Waals surface area contributed by atoms with Gasteiger partial charge in [0.15, 0.2) is 6.29 Å². The summed E-state index contributed by atoms with van der Waals surface area (Å²) in [7, 11) is 0. The number of unbranched alkanes of at least 4 members (excludes halogenated alkanes) is 48. The van der Waals surface area contributed by atoms with E-state index in [0.29, 0.717) is 19.4 Å². The molecule has 1 aliphatic heterocycles. The summed E-state index contributed by atoms with van der Waals surface area (Å²) in [6.07, 6.45) is 88.4. The molecule has 0 aromatic heterocycles. The Kier molecular flexibility index (Phi) is 67.7. The third-order valence-corrected chi connectivity index (χ3v) is 18.8. The van der Waals surface area contributed by atoms with E-state index in [4.69, 9.17) is 14.2 Å². The van der Waals surface area contributed by atoms with Crippen molar-refractivity contribution in [1.82, 2.24) is 5.32 Å². The summed E-state index contributed by atoms with van der Waals surface area (Å²) < 4.78 is 16.7. The van der Waals surface area contributed by atoms with E-state index in [1.165, 1.54) is 283 Å². The molecule has 11 nitrogen and oxygen atoms in total. The Bertz CT molecular complexity index is 1790. The van der Waals surface area contributed by atoms with Gasteiger partial charge in [-0.05, 0) is 110 Å². The van der Waals surface area contributed by atoms with Crippen LogP contribution >= 0.6 is 0 Å². The van der Waals surface area contributed by atoms with Crippen molar-refractivity contribution >= 4 is 11.9 Å². The minimum atomic E-state index is -1.58. The van der Waals surface area contributed by atoms with E-state index in [1.54, 1.807) is 6.08 Å². The molecule has 0 aromatic rings. The molecular weight excluding hydrogens is 1170 g/mol. The van der Waals surface area contributed by atoms with Crippen LogP contribution in [0, 0.1) is 0 Å². The fraction of sp³-hybridized carbons (Fsp3) is 0.831. The molecule has 1 aliphatic rings. The molecule has 1 rings (SSSR count). The summed E-state index contributed by atoms with van der Waals surface area (Å²) in [5.41, 5.74) is 0. The van der Waals surface area contributed by atoms with Crippen LogP contribution in [0.25, 0.3) is 0 Å². The number of amides is 1. The lowest BCUT2D eigenvalue weighted by molar-refractivity contribution is -0.302. The van der Waals surface area contributed by atoms with Gasteiger partial charge in [0, 0.05) is 12.8 Å². The van der Waals surface area contributed by atoms with Crippen LogP contribution in [-0.2, 0) is 23.8 Å². The van der Waals surface area contributed by atoms with Crippen molar-refractivity contribution in [3.8, 4) is 0 Å². The fourth-order valence-electron chi connectivity index (χ4n) is 12.6. The van der Waals surface area contributed by atoms with E-state index < -0.39 is 49.5 Å². The van der Waals surface area contributed by atoms with Crippen LogP contribution in [0.5, 0.6) is 0 Å². The first-order valence-corrected chi connectivity index (χ1v) is 40.2. The molecule has 0 spiro atoms. The topological polar surface area (TPSA) is 175 Å². The maximum atomic E-state index is 13.0. The van der Waals surface area contributed by atoms with Gasteiger partial charge in [-0.2, -0.15) is 0 Å². The van der Waals surface area contributed by atoms with Crippen LogP contribution in [0.1, 0.15) is 380 Å². The molecule has 0 aliphatic carbocycles. The van der Waals surface area contributed by atoms with Crippen molar-refractivity contribution in [3.63, 3.8) is 0 Å². The number of hydrogen-bond donors (Lipinski definition) is 6. The van der Waals surface area contributed by atoms with Crippen molar-refractivity contribution in [2.24, 2.45) is 0 Å². The monoisotopic (exact) mass is 1320 g/mol. The van der Waals surface area contributed by atoms with E-state index in [-0.39, 0.29) is 18.5 Å². The molecule has 0 radical (unpaired) electrons. The van der Waals surface area contributed by atoms with Crippen molar-refractivity contribution in [2.45, 2.75) is 423 Å². The molecule has 11 heteroatoms. The van der Waals surface area contributed by atoms with Crippen molar-refractivity contribution in [1.29, 1.82) is 0 Å². The molecule has 0 aromatic carbocycles. The number of rotatable bonds is 71. The van der Waals surface area contributed by atoms with Crippen LogP contribution in [0.3, 0.4) is 0 Å². The van der Waals surface area contributed by atoms with Crippen LogP contribution < -0.4 is 5.32 Å². The predicted molar refractivity (Wildman–Crippen MR) is 398 cm³/mol. The molecule has 1 amide bonds. The van der Waals surface area contributed by atoms with Crippen LogP contribution in [0.15, 0.2) is 72.9 Å². The van der Waals surface area contributed by atoms with Gasteiger partial charge in [-0.25, -0.2) is 0 Å². The number of hydrogen-bond acceptors (Lipinski definition) is 10. The first-order chi connectivity index (χ1) is 46.2. The highest BCUT2D eigenvalue weighted by Crippen LogP contribution is 2.24. The van der Waals surface area contributed by atoms with Crippen LogP contribution in [0.2, 0.25) is 0 Å². The van der Waals surface area contributed by atoms with E-state index in [1.807, 2.05) is 19.1 Å². The molecule has 7 atom stereocenters. The number of ether oxygens (including phenoxy) is 3. The lowest BCUT2D eigenvalue weighted by atomic mass is 9.99. The Morgan fingerprint density at radius 2 is 0.766 bits per heavy atom. The summed E-state index contributed by atoms with van der Waals surface area (Å²) in [4.78, 5) is 25.1. The van der Waals surface area contributed by atoms with E-state index in [0.717, 1.165) is 70.6 Å². The third kappa shape index (κ3) is 59.2. The predicted octanol–water partition coefficient (Wildman–Crippen LogP) is 21.8. The summed E-state index contributed by atoms with van der Waals surface area (Å²) in [5.74, 6) is -0.184. The highest BCUT2D eigenvalue weighted by molar-refractivity contribution is 5.76. The summed E-state index contributed by atoms with van der Waals surface area (Å²) in [5, 5.41) is 54.3. The number of aliphatic hydroxyl groups excluding tert-OH is 5. The van der Waals surface area contributed by atoms with Gasteiger partial charge < -0.3 is 45.1 Å². The zero-order valence-electron chi connectivity index (χ0n) is 61.2. The Morgan fingerprint density at radius 3 is 1.18 bits per heavy atom. The lowest BCUT2D eigenvalue weighted by Crippen LogP contribution is -2.60. The summed E-state index contributed by atoms with van der Waals surface area (Å²) >= 11 is 0. The highest BCUT2D eigenvalue weighted by atomic mass is 16.7. The SMILES string of the molecule is C/C=C/CC/C=C/CC/C=C/C(O)C(COC1OC(CO)C(O)C(O)C1O)NC(=O)CCCCCCCCCCCCCCCCCCC/C=C\C/C=C\CCCCCCCCCCCCCCCCCOC(=O)CCCCCCCCC/C=C\CCCCCCCCC. The average Bonchev–Trinajstić information content (AvgIpc) is 0.834. The van der Waals surface area contributed by atoms with Crippen molar-refractivity contribution < 1.29 is 49.3 Å². The summed E-state index contributed by atoms with van der Waals surface area (Å²) in [6.45, 7) is 4.12. The van der Waals surface area contributed by atoms with Crippen molar-refractivity contribution in [3.05, 3.63) is 72.9 Å². The Labute approximate surface area is 579 Å². The minimum absolute atomic E-state index is 0.0115. The van der Waals surface area contributed by atoms with Crippen LogP contribution in [-0.4, -0.2) is 100 Å². The molecule has 0 bridgehead atoms. The maximum Gasteiger partial charge on any atom is 0.305 e. The van der Waals surface area contributed by atoms with Crippen LogP contribution in [0.4, 0.5) is 0 Å². The fourth-order valence-corrected chi connectivity index (χ4v) is 12.6. The first-order valence-electron chi connectivity index (χ1n) is 40.2. The minimum Gasteiger partial charge on any atom is -0.466 e. The number of allylic oxidation sites excluding steroid dienone is 11. The zero-order chi connectivity index (χ0) is 67.9. The maximum absolute atomic E-state index is 13.0. The Balaban J connectivity index is 1.86. The lowest BCUT2D eigenvalue weighted by Gasteiger charge is -2.40. The quantitative estimate of drug-likeness (QED) is 0.0195.